The lowest BCUT2D eigenvalue weighted by Gasteiger charge is -2.25. The van der Waals surface area contributed by atoms with E-state index in [1.165, 1.54) is 0 Å². The molecule has 0 aromatic carbocycles. The maximum absolute atomic E-state index is 11.7. The van der Waals surface area contributed by atoms with Crippen LogP contribution in [0.25, 0.3) is 0 Å². The van der Waals surface area contributed by atoms with E-state index in [4.69, 9.17) is 0 Å². The van der Waals surface area contributed by atoms with Crippen LogP contribution in [0.15, 0.2) is 25.3 Å². The van der Waals surface area contributed by atoms with Crippen molar-refractivity contribution in [3.05, 3.63) is 25.3 Å². The highest BCUT2D eigenvalue weighted by molar-refractivity contribution is 7.46. The summed E-state index contributed by atoms with van der Waals surface area (Å²) in [5.41, 5.74) is -0.0471. The Kier molecular flexibility index (Phi) is 11.6. The first-order valence-corrected chi connectivity index (χ1v) is 11.1. The predicted molar refractivity (Wildman–Crippen MR) is 115 cm³/mol. The summed E-state index contributed by atoms with van der Waals surface area (Å²) in [6.45, 7) is 14.6. The number of unbranched alkanes of at least 4 members (excludes halogenated alkanes) is 4. The molecule has 0 radical (unpaired) electrons. The summed E-state index contributed by atoms with van der Waals surface area (Å²) in [4.78, 5) is 26.7. The van der Waals surface area contributed by atoms with E-state index in [9.17, 15) is 9.46 Å². The maximum Gasteiger partial charge on any atom is 0.254 e. The van der Waals surface area contributed by atoms with E-state index in [0.717, 1.165) is 51.6 Å². The summed E-state index contributed by atoms with van der Waals surface area (Å²) in [5.74, 6) is 0.867. The SMILES string of the molecule is C=CCN(CCCCC)c1nc(N(CC=C)CCCCC)nc([PH](=O)O)n1. The van der Waals surface area contributed by atoms with Gasteiger partial charge < -0.3 is 14.7 Å². The number of anilines is 2. The molecular formula is C19H34N5O2P. The third-order valence-corrected chi connectivity index (χ3v) is 4.74. The minimum absolute atomic E-state index is 0.0471. The van der Waals surface area contributed by atoms with Gasteiger partial charge in [-0.05, 0) is 12.8 Å². The highest BCUT2D eigenvalue weighted by Gasteiger charge is 2.18. The molecule has 0 fully saturated rings. The molecule has 1 aromatic rings. The van der Waals surface area contributed by atoms with Gasteiger partial charge in [0.15, 0.2) is 0 Å². The largest absolute Gasteiger partial charge is 0.341 e. The molecule has 1 N–H and O–H groups in total. The third-order valence-electron chi connectivity index (χ3n) is 4.13. The molecule has 0 bridgehead atoms. The van der Waals surface area contributed by atoms with Crippen LogP contribution in [0.5, 0.6) is 0 Å². The Hall–Kier alpha value is -1.72. The number of hydrogen-bond acceptors (Lipinski definition) is 6. The van der Waals surface area contributed by atoms with Crippen molar-refractivity contribution < 1.29 is 9.46 Å². The molecule has 0 aliphatic rings. The van der Waals surface area contributed by atoms with E-state index in [2.05, 4.69) is 42.0 Å². The zero-order valence-electron chi connectivity index (χ0n) is 16.7. The van der Waals surface area contributed by atoms with Gasteiger partial charge in [0.2, 0.25) is 17.5 Å². The average molecular weight is 395 g/mol. The van der Waals surface area contributed by atoms with Gasteiger partial charge in [0.05, 0.1) is 0 Å². The number of rotatable bonds is 15. The molecule has 27 heavy (non-hydrogen) atoms. The molecule has 0 aliphatic carbocycles. The highest BCUT2D eigenvalue weighted by Crippen LogP contribution is 2.18. The smallest absolute Gasteiger partial charge is 0.254 e. The van der Waals surface area contributed by atoms with E-state index in [0.29, 0.717) is 25.0 Å². The van der Waals surface area contributed by atoms with Crippen LogP contribution in [0.1, 0.15) is 52.4 Å². The van der Waals surface area contributed by atoms with Gasteiger partial charge >= 0.3 is 0 Å². The van der Waals surface area contributed by atoms with Crippen molar-refractivity contribution in [2.24, 2.45) is 0 Å². The van der Waals surface area contributed by atoms with Crippen LogP contribution in [-0.2, 0) is 4.57 Å². The van der Waals surface area contributed by atoms with Crippen molar-refractivity contribution in [2.75, 3.05) is 36.0 Å². The molecule has 0 saturated heterocycles. The predicted octanol–water partition coefficient (Wildman–Crippen LogP) is 3.33. The zero-order valence-corrected chi connectivity index (χ0v) is 17.7. The standard InChI is InChI=1S/C19H34N5O2P/c1-5-9-11-15-23(13-7-3)17-20-18(22-19(21-17)27(25)26)24(14-8-4)16-12-10-6-2/h7-8,27H,3-6,9-16H2,1-2H3,(H,25,26). The first kappa shape index (κ1) is 23.3. The summed E-state index contributed by atoms with van der Waals surface area (Å²) in [6, 6.07) is 0. The molecule has 1 heterocycles. The average Bonchev–Trinajstić information content (AvgIpc) is 2.66. The third kappa shape index (κ3) is 8.22. The van der Waals surface area contributed by atoms with E-state index in [-0.39, 0.29) is 5.57 Å². The van der Waals surface area contributed by atoms with Crippen molar-refractivity contribution >= 4 is 25.5 Å². The quantitative estimate of drug-likeness (QED) is 0.277. The van der Waals surface area contributed by atoms with Crippen molar-refractivity contribution in [2.45, 2.75) is 52.4 Å². The van der Waals surface area contributed by atoms with Crippen LogP contribution in [0, 0.1) is 0 Å². The number of nitrogens with zero attached hydrogens (tertiary/aromatic N) is 5. The molecule has 1 rings (SSSR count). The summed E-state index contributed by atoms with van der Waals surface area (Å²) in [6.07, 6.45) is 10.0. The first-order chi connectivity index (χ1) is 13.1. The highest BCUT2D eigenvalue weighted by atomic mass is 31.1. The molecule has 0 aliphatic heterocycles. The molecule has 0 amide bonds. The van der Waals surface area contributed by atoms with Gasteiger partial charge in [-0.1, -0.05) is 51.7 Å². The van der Waals surface area contributed by atoms with E-state index in [1.807, 2.05) is 9.80 Å². The lowest BCUT2D eigenvalue weighted by molar-refractivity contribution is 0.511. The molecule has 0 saturated carbocycles. The zero-order chi connectivity index (χ0) is 20.1. The maximum atomic E-state index is 11.7. The normalized spacial score (nSPS) is 11.8. The molecule has 8 heteroatoms. The molecule has 1 atom stereocenters. The summed E-state index contributed by atoms with van der Waals surface area (Å²) < 4.78 is 11.7. The Labute approximate surface area is 164 Å². The van der Waals surface area contributed by atoms with Crippen LogP contribution in [0.2, 0.25) is 0 Å². The second kappa shape index (κ2) is 13.4. The van der Waals surface area contributed by atoms with E-state index >= 15 is 0 Å². The second-order valence-electron chi connectivity index (χ2n) is 6.45. The van der Waals surface area contributed by atoms with E-state index in [1.54, 1.807) is 12.2 Å². The van der Waals surface area contributed by atoms with E-state index < -0.39 is 8.03 Å². The molecule has 7 nitrogen and oxygen atoms in total. The van der Waals surface area contributed by atoms with Gasteiger partial charge in [0, 0.05) is 26.2 Å². The van der Waals surface area contributed by atoms with Gasteiger partial charge in [-0.25, -0.2) is 0 Å². The summed E-state index contributed by atoms with van der Waals surface area (Å²) in [7, 11) is -3.02. The Morgan fingerprint density at radius 3 is 1.67 bits per heavy atom. The Morgan fingerprint density at radius 1 is 0.889 bits per heavy atom. The molecule has 152 valence electrons. The lowest BCUT2D eigenvalue weighted by atomic mass is 10.2. The van der Waals surface area contributed by atoms with Gasteiger partial charge in [0.1, 0.15) is 0 Å². The van der Waals surface area contributed by atoms with Crippen LogP contribution in [0.4, 0.5) is 11.9 Å². The fraction of sp³-hybridized carbons (Fsp3) is 0.632. The topological polar surface area (TPSA) is 82.5 Å². The van der Waals surface area contributed by atoms with Crippen molar-refractivity contribution in [3.63, 3.8) is 0 Å². The Balaban J connectivity index is 3.19. The summed E-state index contributed by atoms with van der Waals surface area (Å²) in [5, 5.41) is 0. The molecule has 1 aromatic heterocycles. The lowest BCUT2D eigenvalue weighted by Crippen LogP contribution is -2.33. The molecule has 0 spiro atoms. The van der Waals surface area contributed by atoms with Gasteiger partial charge in [-0.15, -0.1) is 13.2 Å². The van der Waals surface area contributed by atoms with Gasteiger partial charge in [-0.3, -0.25) is 4.57 Å². The van der Waals surface area contributed by atoms with Gasteiger partial charge in [0.25, 0.3) is 8.03 Å². The van der Waals surface area contributed by atoms with Crippen LogP contribution in [-0.4, -0.2) is 46.0 Å². The van der Waals surface area contributed by atoms with Crippen LogP contribution < -0.4 is 15.4 Å². The Morgan fingerprint density at radius 2 is 1.33 bits per heavy atom. The number of hydrogen-bond donors (Lipinski definition) is 1. The fourth-order valence-corrected chi connectivity index (χ4v) is 3.09. The first-order valence-electron chi connectivity index (χ1n) is 9.78. The minimum atomic E-state index is -3.02. The summed E-state index contributed by atoms with van der Waals surface area (Å²) >= 11 is 0. The monoisotopic (exact) mass is 395 g/mol. The van der Waals surface area contributed by atoms with Crippen LogP contribution >= 0.6 is 8.03 Å². The van der Waals surface area contributed by atoms with Crippen LogP contribution in [0.3, 0.4) is 0 Å². The second-order valence-corrected chi connectivity index (χ2v) is 7.51. The van der Waals surface area contributed by atoms with Crippen molar-refractivity contribution in [1.82, 2.24) is 15.0 Å². The van der Waals surface area contributed by atoms with Gasteiger partial charge in [-0.2, -0.15) is 15.0 Å². The molecular weight excluding hydrogens is 361 g/mol. The fourth-order valence-electron chi connectivity index (χ4n) is 2.70. The Bertz CT molecular complexity index is 570. The van der Waals surface area contributed by atoms with Crippen molar-refractivity contribution in [3.8, 4) is 0 Å². The number of aromatic nitrogens is 3. The molecule has 1 unspecified atom stereocenters. The van der Waals surface area contributed by atoms with Crippen molar-refractivity contribution in [1.29, 1.82) is 0 Å². The minimum Gasteiger partial charge on any atom is -0.341 e.